The Bertz CT molecular complexity index is 495. The molecule has 0 aliphatic heterocycles. The second-order valence-corrected chi connectivity index (χ2v) is 7.70. The van der Waals surface area contributed by atoms with E-state index in [1.54, 1.807) is 6.92 Å². The molecule has 1 aromatic rings. The van der Waals surface area contributed by atoms with Gasteiger partial charge in [-0.05, 0) is 17.7 Å². The number of sulfone groups is 1. The maximum Gasteiger partial charge on any atom is 0.153 e. The van der Waals surface area contributed by atoms with E-state index in [1.807, 2.05) is 24.3 Å². The molecular weight excluding hydrogens is 304 g/mol. The molecule has 1 N–H and O–H groups in total. The van der Waals surface area contributed by atoms with Crippen LogP contribution in [0.15, 0.2) is 28.7 Å². The maximum absolute atomic E-state index is 11.9. The van der Waals surface area contributed by atoms with E-state index in [1.165, 1.54) is 0 Å². The second kappa shape index (κ2) is 4.71. The first-order valence-electron chi connectivity index (χ1n) is 5.59. The second-order valence-electron chi connectivity index (χ2n) is 4.34. The Morgan fingerprint density at radius 3 is 2.35 bits per heavy atom. The Kier molecular flexibility index (Phi) is 3.61. The quantitative estimate of drug-likeness (QED) is 0.923. The molecule has 0 saturated heterocycles. The highest BCUT2D eigenvalue weighted by atomic mass is 79.9. The Balaban J connectivity index is 2.26. The summed E-state index contributed by atoms with van der Waals surface area (Å²) in [5.41, 5.74) is 0.995. The van der Waals surface area contributed by atoms with Crippen molar-refractivity contribution in [1.29, 1.82) is 0 Å². The molecule has 1 aliphatic rings. The van der Waals surface area contributed by atoms with Crippen molar-refractivity contribution < 1.29 is 13.5 Å². The number of halogens is 1. The van der Waals surface area contributed by atoms with Gasteiger partial charge in [-0.25, -0.2) is 8.42 Å². The van der Waals surface area contributed by atoms with Crippen LogP contribution in [0.2, 0.25) is 0 Å². The van der Waals surface area contributed by atoms with Crippen LogP contribution in [0.5, 0.6) is 0 Å². The van der Waals surface area contributed by atoms with E-state index in [0.29, 0.717) is 0 Å². The molecule has 3 atom stereocenters. The van der Waals surface area contributed by atoms with Gasteiger partial charge < -0.3 is 5.11 Å². The third-order valence-electron chi connectivity index (χ3n) is 3.38. The van der Waals surface area contributed by atoms with Crippen LogP contribution in [0.1, 0.15) is 18.4 Å². The zero-order valence-electron chi connectivity index (χ0n) is 9.51. The van der Waals surface area contributed by atoms with E-state index in [4.69, 9.17) is 0 Å². The number of aliphatic hydroxyl groups is 1. The zero-order chi connectivity index (χ0) is 12.6. The predicted molar refractivity (Wildman–Crippen MR) is 70.7 cm³/mol. The lowest BCUT2D eigenvalue weighted by molar-refractivity contribution is 0.274. The molecule has 5 heteroatoms. The fraction of sp³-hybridized carbons (Fsp3) is 0.500. The van der Waals surface area contributed by atoms with Crippen molar-refractivity contribution in [2.24, 2.45) is 5.92 Å². The molecule has 2 rings (SSSR count). The van der Waals surface area contributed by atoms with Crippen molar-refractivity contribution in [2.75, 3.05) is 12.4 Å². The molecule has 0 heterocycles. The van der Waals surface area contributed by atoms with Gasteiger partial charge >= 0.3 is 0 Å². The average Bonchev–Trinajstić information content (AvgIpc) is 3.05. The molecule has 94 valence electrons. The molecule has 0 unspecified atom stereocenters. The van der Waals surface area contributed by atoms with Crippen LogP contribution in [-0.4, -0.2) is 31.1 Å². The van der Waals surface area contributed by atoms with Crippen molar-refractivity contribution in [3.05, 3.63) is 34.3 Å². The van der Waals surface area contributed by atoms with Crippen LogP contribution in [0.3, 0.4) is 0 Å². The molecule has 0 radical (unpaired) electrons. The number of hydrogen-bond acceptors (Lipinski definition) is 3. The van der Waals surface area contributed by atoms with E-state index in [0.717, 1.165) is 10.0 Å². The first-order valence-corrected chi connectivity index (χ1v) is 8.10. The molecule has 1 saturated carbocycles. The fourth-order valence-corrected chi connectivity index (χ4v) is 4.52. The summed E-state index contributed by atoms with van der Waals surface area (Å²) in [4.78, 5) is 0. The van der Waals surface area contributed by atoms with Gasteiger partial charge in [-0.15, -0.1) is 0 Å². The first-order chi connectivity index (χ1) is 8.01. The van der Waals surface area contributed by atoms with Gasteiger partial charge in [-0.2, -0.15) is 0 Å². The maximum atomic E-state index is 11.9. The average molecular weight is 319 g/mol. The van der Waals surface area contributed by atoms with Crippen LogP contribution in [0.25, 0.3) is 0 Å². The molecule has 1 aliphatic carbocycles. The van der Waals surface area contributed by atoms with E-state index in [9.17, 15) is 13.5 Å². The summed E-state index contributed by atoms with van der Waals surface area (Å²) >= 11 is 3.35. The van der Waals surface area contributed by atoms with Gasteiger partial charge in [-0.3, -0.25) is 0 Å². The summed E-state index contributed by atoms with van der Waals surface area (Å²) in [7, 11) is -3.07. The summed E-state index contributed by atoms with van der Waals surface area (Å²) in [6.45, 7) is 1.59. The number of rotatable bonds is 4. The van der Waals surface area contributed by atoms with Crippen LogP contribution < -0.4 is 0 Å². The van der Waals surface area contributed by atoms with Crippen LogP contribution >= 0.6 is 15.9 Å². The van der Waals surface area contributed by atoms with Gasteiger partial charge in [-0.1, -0.05) is 35.0 Å². The van der Waals surface area contributed by atoms with Gasteiger partial charge in [0.2, 0.25) is 0 Å². The summed E-state index contributed by atoms with van der Waals surface area (Å²) in [5, 5.41) is 8.84. The minimum absolute atomic E-state index is 0.0435. The third kappa shape index (κ3) is 2.41. The standard InChI is InChI=1S/C12H15BrO3S/c1-2-17(15,16)12-10(7-14)11(12)8-3-5-9(13)6-4-8/h3-6,10-12,14H,2,7H2,1H3/t10-,11+,12+/m1/s1. The van der Waals surface area contributed by atoms with E-state index in [-0.39, 0.29) is 24.2 Å². The molecule has 3 nitrogen and oxygen atoms in total. The van der Waals surface area contributed by atoms with Crippen LogP contribution in [0, 0.1) is 5.92 Å². The molecule has 17 heavy (non-hydrogen) atoms. The largest absolute Gasteiger partial charge is 0.396 e. The number of benzene rings is 1. The van der Waals surface area contributed by atoms with Gasteiger partial charge in [0.1, 0.15) is 0 Å². The Morgan fingerprint density at radius 1 is 1.29 bits per heavy atom. The molecular formula is C12H15BrO3S. The van der Waals surface area contributed by atoms with Crippen LogP contribution in [0.4, 0.5) is 0 Å². The van der Waals surface area contributed by atoms with Gasteiger partial charge in [0.05, 0.1) is 5.25 Å². The van der Waals surface area contributed by atoms with E-state index < -0.39 is 15.1 Å². The van der Waals surface area contributed by atoms with Crippen molar-refractivity contribution in [3.8, 4) is 0 Å². The summed E-state index contributed by atoms with van der Waals surface area (Å²) in [6, 6.07) is 7.64. The summed E-state index contributed by atoms with van der Waals surface area (Å²) < 4.78 is 24.7. The molecule has 0 amide bonds. The zero-order valence-corrected chi connectivity index (χ0v) is 11.9. The smallest absolute Gasteiger partial charge is 0.153 e. The highest BCUT2D eigenvalue weighted by Crippen LogP contribution is 2.52. The first kappa shape index (κ1) is 13.1. The van der Waals surface area contributed by atoms with Crippen molar-refractivity contribution in [1.82, 2.24) is 0 Å². The van der Waals surface area contributed by atoms with Crippen molar-refractivity contribution in [3.63, 3.8) is 0 Å². The molecule has 1 fully saturated rings. The minimum Gasteiger partial charge on any atom is -0.396 e. The van der Waals surface area contributed by atoms with Crippen molar-refractivity contribution in [2.45, 2.75) is 18.1 Å². The molecule has 0 bridgehead atoms. The lowest BCUT2D eigenvalue weighted by Gasteiger charge is -2.01. The topological polar surface area (TPSA) is 54.4 Å². The lowest BCUT2D eigenvalue weighted by Crippen LogP contribution is -2.13. The molecule has 0 spiro atoms. The Hall–Kier alpha value is -0.390. The summed E-state index contributed by atoms with van der Waals surface area (Å²) in [6.07, 6.45) is 0. The number of aliphatic hydroxyl groups excluding tert-OH is 1. The Morgan fingerprint density at radius 2 is 1.88 bits per heavy atom. The summed E-state index contributed by atoms with van der Waals surface area (Å²) in [5.74, 6) is -0.0412. The van der Waals surface area contributed by atoms with E-state index in [2.05, 4.69) is 15.9 Å². The minimum atomic E-state index is -3.07. The van der Waals surface area contributed by atoms with Gasteiger partial charge in [0, 0.05) is 28.7 Å². The van der Waals surface area contributed by atoms with Gasteiger partial charge in [0.15, 0.2) is 9.84 Å². The third-order valence-corrected chi connectivity index (χ3v) is 6.18. The Labute approximate surface area is 110 Å². The molecule has 1 aromatic carbocycles. The fourth-order valence-electron chi connectivity index (χ4n) is 2.36. The predicted octanol–water partition coefficient (Wildman–Crippen LogP) is 1.96. The highest BCUT2D eigenvalue weighted by Gasteiger charge is 2.57. The van der Waals surface area contributed by atoms with Crippen molar-refractivity contribution >= 4 is 25.8 Å². The monoisotopic (exact) mass is 318 g/mol. The normalized spacial score (nSPS) is 28.1. The SMILES string of the molecule is CCS(=O)(=O)[C@H]1[C@H](CO)[C@@H]1c1ccc(Br)cc1. The van der Waals surface area contributed by atoms with Crippen LogP contribution in [-0.2, 0) is 9.84 Å². The highest BCUT2D eigenvalue weighted by molar-refractivity contribution is 9.10. The lowest BCUT2D eigenvalue weighted by atomic mass is 10.1. The van der Waals surface area contributed by atoms with E-state index >= 15 is 0 Å². The molecule has 0 aromatic heterocycles. The number of hydrogen-bond donors (Lipinski definition) is 1. The van der Waals surface area contributed by atoms with Gasteiger partial charge in [0.25, 0.3) is 0 Å².